The highest BCUT2D eigenvalue weighted by Crippen LogP contribution is 2.24. The summed E-state index contributed by atoms with van der Waals surface area (Å²) in [6.07, 6.45) is 3.49. The van der Waals surface area contributed by atoms with Gasteiger partial charge in [-0.1, -0.05) is 51.1 Å². The Bertz CT molecular complexity index is 864. The molecule has 0 fully saturated rings. The first kappa shape index (κ1) is 17.0. The molecule has 2 N–H and O–H groups in total. The quantitative estimate of drug-likeness (QED) is 0.751. The van der Waals surface area contributed by atoms with Crippen molar-refractivity contribution >= 4 is 17.2 Å². The lowest BCUT2D eigenvalue weighted by atomic mass is 9.92. The van der Waals surface area contributed by atoms with Crippen molar-refractivity contribution in [1.29, 1.82) is 0 Å². The molecule has 0 aliphatic heterocycles. The van der Waals surface area contributed by atoms with Gasteiger partial charge in [-0.15, -0.1) is 0 Å². The van der Waals surface area contributed by atoms with E-state index >= 15 is 0 Å². The highest BCUT2D eigenvalue weighted by atomic mass is 16.1. The van der Waals surface area contributed by atoms with Gasteiger partial charge in [0.25, 0.3) is 0 Å². The number of nitrogens with zero attached hydrogens (tertiary/aromatic N) is 3. The predicted octanol–water partition coefficient (Wildman–Crippen LogP) is 2.76. The summed E-state index contributed by atoms with van der Waals surface area (Å²) in [4.78, 5) is 16.4. The minimum absolute atomic E-state index is 0.0453. The monoisotopic (exact) mass is 337 g/mol. The first-order chi connectivity index (χ1) is 11.9. The maximum absolute atomic E-state index is 12.1. The first-order valence-electron chi connectivity index (χ1n) is 8.33. The molecule has 0 saturated heterocycles. The van der Waals surface area contributed by atoms with Crippen molar-refractivity contribution < 1.29 is 4.79 Å². The lowest BCUT2D eigenvalue weighted by molar-refractivity contribution is -0.119. The van der Waals surface area contributed by atoms with Gasteiger partial charge in [-0.2, -0.15) is 5.10 Å². The molecule has 6 heteroatoms. The third-order valence-electron chi connectivity index (χ3n) is 3.91. The Labute approximate surface area is 147 Å². The zero-order chi connectivity index (χ0) is 17.9. The maximum atomic E-state index is 12.1. The molecule has 25 heavy (non-hydrogen) atoms. The molecule has 0 aliphatic carbocycles. The summed E-state index contributed by atoms with van der Waals surface area (Å²) in [5.74, 6) is 0.573. The van der Waals surface area contributed by atoms with E-state index in [1.807, 2.05) is 42.6 Å². The fourth-order valence-corrected chi connectivity index (χ4v) is 2.45. The molecule has 3 aromatic rings. The average Bonchev–Trinajstić information content (AvgIpc) is 3.04. The largest absolute Gasteiger partial charge is 0.359 e. The SMILES string of the molecule is CC(C)(C)c1cc2c(NCC(=O)NCc3ccccc3)nccn2n1. The summed E-state index contributed by atoms with van der Waals surface area (Å²) >= 11 is 0. The van der Waals surface area contributed by atoms with Crippen LogP contribution in [0, 0.1) is 0 Å². The molecule has 130 valence electrons. The first-order valence-corrected chi connectivity index (χ1v) is 8.33. The van der Waals surface area contributed by atoms with E-state index in [1.165, 1.54) is 0 Å². The minimum Gasteiger partial charge on any atom is -0.359 e. The fraction of sp³-hybridized carbons (Fsp3) is 0.316. The number of amides is 1. The molecule has 0 bridgehead atoms. The van der Waals surface area contributed by atoms with Gasteiger partial charge < -0.3 is 10.6 Å². The number of carbonyl (C=O) groups is 1. The van der Waals surface area contributed by atoms with Crippen LogP contribution in [-0.2, 0) is 16.8 Å². The van der Waals surface area contributed by atoms with Gasteiger partial charge >= 0.3 is 0 Å². The normalized spacial score (nSPS) is 11.5. The molecule has 1 amide bonds. The van der Waals surface area contributed by atoms with Gasteiger partial charge in [-0.05, 0) is 11.6 Å². The number of hydrogen-bond donors (Lipinski definition) is 2. The number of benzene rings is 1. The van der Waals surface area contributed by atoms with Crippen molar-refractivity contribution in [3.63, 3.8) is 0 Å². The van der Waals surface area contributed by atoms with Gasteiger partial charge in [0.05, 0.1) is 12.2 Å². The molecule has 0 unspecified atom stereocenters. The third kappa shape index (κ3) is 4.15. The Morgan fingerprint density at radius 2 is 1.96 bits per heavy atom. The Morgan fingerprint density at radius 3 is 2.68 bits per heavy atom. The summed E-state index contributed by atoms with van der Waals surface area (Å²) in [7, 11) is 0. The Balaban J connectivity index is 1.64. The molecule has 6 nitrogen and oxygen atoms in total. The number of anilines is 1. The molecule has 0 radical (unpaired) electrons. The van der Waals surface area contributed by atoms with Crippen LogP contribution in [0.4, 0.5) is 5.82 Å². The van der Waals surface area contributed by atoms with Crippen molar-refractivity contribution in [3.8, 4) is 0 Å². The minimum atomic E-state index is -0.0804. The number of hydrogen-bond acceptors (Lipinski definition) is 4. The second-order valence-electron chi connectivity index (χ2n) is 7.00. The van der Waals surface area contributed by atoms with Gasteiger partial charge in [0.1, 0.15) is 5.52 Å². The standard InChI is InChI=1S/C19H23N5O/c1-19(2,3)16-11-15-18(20-9-10-24(15)23-16)22-13-17(25)21-12-14-7-5-4-6-8-14/h4-11H,12-13H2,1-3H3,(H,20,22)(H,21,25). The van der Waals surface area contributed by atoms with Gasteiger partial charge in [0.15, 0.2) is 5.82 Å². The lowest BCUT2D eigenvalue weighted by Crippen LogP contribution is -2.29. The smallest absolute Gasteiger partial charge is 0.239 e. The van der Waals surface area contributed by atoms with Crippen molar-refractivity contribution in [2.75, 3.05) is 11.9 Å². The van der Waals surface area contributed by atoms with E-state index < -0.39 is 0 Å². The van der Waals surface area contributed by atoms with Gasteiger partial charge in [0, 0.05) is 24.4 Å². The summed E-state index contributed by atoms with van der Waals surface area (Å²) < 4.78 is 1.79. The molecule has 0 spiro atoms. The highest BCUT2D eigenvalue weighted by molar-refractivity contribution is 5.82. The van der Waals surface area contributed by atoms with Crippen LogP contribution >= 0.6 is 0 Å². The van der Waals surface area contributed by atoms with Crippen LogP contribution in [0.1, 0.15) is 32.0 Å². The number of fused-ring (bicyclic) bond motifs is 1. The van der Waals surface area contributed by atoms with Crippen LogP contribution in [0.15, 0.2) is 48.8 Å². The van der Waals surface area contributed by atoms with Gasteiger partial charge in [-0.25, -0.2) is 9.50 Å². The maximum Gasteiger partial charge on any atom is 0.239 e. The molecule has 1 aromatic carbocycles. The van der Waals surface area contributed by atoms with E-state index in [2.05, 4.69) is 41.5 Å². The highest BCUT2D eigenvalue weighted by Gasteiger charge is 2.19. The van der Waals surface area contributed by atoms with Crippen molar-refractivity contribution in [2.45, 2.75) is 32.7 Å². The molecule has 0 saturated carbocycles. The molecule has 0 atom stereocenters. The lowest BCUT2D eigenvalue weighted by Gasteiger charge is -2.13. The third-order valence-corrected chi connectivity index (χ3v) is 3.91. The second-order valence-corrected chi connectivity index (χ2v) is 7.00. The summed E-state index contributed by atoms with van der Waals surface area (Å²) in [5.41, 5.74) is 2.87. The van der Waals surface area contributed by atoms with Crippen molar-refractivity contribution in [1.82, 2.24) is 19.9 Å². The van der Waals surface area contributed by atoms with E-state index in [1.54, 1.807) is 10.7 Å². The van der Waals surface area contributed by atoms with Gasteiger partial charge in [0.2, 0.25) is 5.91 Å². The molecule has 3 rings (SSSR count). The summed E-state index contributed by atoms with van der Waals surface area (Å²) in [6, 6.07) is 11.8. The number of carbonyl (C=O) groups excluding carboxylic acids is 1. The molecule has 2 aromatic heterocycles. The topological polar surface area (TPSA) is 71.3 Å². The van der Waals surface area contributed by atoms with Crippen LogP contribution in [0.25, 0.3) is 5.52 Å². The Hall–Kier alpha value is -2.89. The van der Waals surface area contributed by atoms with E-state index in [4.69, 9.17) is 0 Å². The molecule has 2 heterocycles. The van der Waals surface area contributed by atoms with Crippen LogP contribution < -0.4 is 10.6 Å². The zero-order valence-electron chi connectivity index (χ0n) is 14.8. The average molecular weight is 337 g/mol. The fourth-order valence-electron chi connectivity index (χ4n) is 2.45. The van der Waals surface area contributed by atoms with Crippen LogP contribution in [0.2, 0.25) is 0 Å². The molecular formula is C19H23N5O. The number of nitrogens with one attached hydrogen (secondary N) is 2. The predicted molar refractivity (Wildman–Crippen MR) is 98.5 cm³/mol. The molecular weight excluding hydrogens is 314 g/mol. The van der Waals surface area contributed by atoms with E-state index in [0.29, 0.717) is 12.4 Å². The van der Waals surface area contributed by atoms with E-state index in [0.717, 1.165) is 16.8 Å². The van der Waals surface area contributed by atoms with Gasteiger partial charge in [-0.3, -0.25) is 4.79 Å². The number of aromatic nitrogens is 3. The van der Waals surface area contributed by atoms with Crippen LogP contribution in [-0.4, -0.2) is 27.0 Å². The number of rotatable bonds is 5. The Kier molecular flexibility index (Phi) is 4.70. The molecule has 0 aliphatic rings. The van der Waals surface area contributed by atoms with Crippen molar-refractivity contribution in [2.24, 2.45) is 0 Å². The Morgan fingerprint density at radius 1 is 1.20 bits per heavy atom. The van der Waals surface area contributed by atoms with Crippen molar-refractivity contribution in [3.05, 3.63) is 60.0 Å². The van der Waals surface area contributed by atoms with Crippen LogP contribution in [0.3, 0.4) is 0 Å². The zero-order valence-corrected chi connectivity index (χ0v) is 14.8. The second kappa shape index (κ2) is 6.93. The van der Waals surface area contributed by atoms with E-state index in [9.17, 15) is 4.79 Å². The summed E-state index contributed by atoms with van der Waals surface area (Å²) in [6.45, 7) is 7.03. The van der Waals surface area contributed by atoms with Crippen LogP contribution in [0.5, 0.6) is 0 Å². The summed E-state index contributed by atoms with van der Waals surface area (Å²) in [5, 5.41) is 10.6. The van der Waals surface area contributed by atoms with E-state index in [-0.39, 0.29) is 17.9 Å².